The van der Waals surface area contributed by atoms with Gasteiger partial charge < -0.3 is 9.47 Å². The van der Waals surface area contributed by atoms with E-state index < -0.39 is 5.56 Å². The molecule has 0 amide bonds. The zero-order valence-corrected chi connectivity index (χ0v) is 12.6. The quantitative estimate of drug-likeness (QED) is 0.680. The van der Waals surface area contributed by atoms with Crippen LogP contribution < -0.4 is 25.1 Å². The highest BCUT2D eigenvalue weighted by molar-refractivity contribution is 7.15. The lowest BCUT2D eigenvalue weighted by atomic mass is 10.2. The highest BCUT2D eigenvalue weighted by Gasteiger charge is 2.07. The van der Waals surface area contributed by atoms with Gasteiger partial charge in [-0.25, -0.2) is 0 Å². The number of rotatable bonds is 3. The van der Waals surface area contributed by atoms with E-state index in [0.717, 1.165) is 27.6 Å². The Kier molecular flexibility index (Phi) is 3.60. The molecule has 0 saturated heterocycles. The van der Waals surface area contributed by atoms with E-state index in [1.807, 2.05) is 0 Å². The average Bonchev–Trinajstić information content (AvgIpc) is 2.82. The average molecular weight is 317 g/mol. The van der Waals surface area contributed by atoms with Gasteiger partial charge in [0.25, 0.3) is 11.1 Å². The molecule has 1 aromatic carbocycles. The Hall–Kier alpha value is -2.74. The molecule has 7 nitrogen and oxygen atoms in total. The fourth-order valence-electron chi connectivity index (χ4n) is 1.96. The van der Waals surface area contributed by atoms with Crippen LogP contribution in [0, 0.1) is 0 Å². The second kappa shape index (κ2) is 5.57. The van der Waals surface area contributed by atoms with Gasteiger partial charge in [0.05, 0.1) is 18.8 Å². The SMILES string of the molecule is COc1ccc(/C=c2\sc3nc(=O)cnn3c2=O)cc1OC. The monoisotopic (exact) mass is 317 g/mol. The van der Waals surface area contributed by atoms with Gasteiger partial charge in [-0.3, -0.25) is 9.59 Å². The third kappa shape index (κ3) is 2.44. The Morgan fingerprint density at radius 2 is 1.95 bits per heavy atom. The van der Waals surface area contributed by atoms with Crippen molar-refractivity contribution in [1.29, 1.82) is 0 Å². The number of fused-ring (bicyclic) bond motifs is 1. The van der Waals surface area contributed by atoms with E-state index in [4.69, 9.17) is 9.47 Å². The first-order chi connectivity index (χ1) is 10.6. The maximum atomic E-state index is 12.2. The van der Waals surface area contributed by atoms with Gasteiger partial charge in [0.2, 0.25) is 4.96 Å². The molecule has 0 aliphatic rings. The van der Waals surface area contributed by atoms with Crippen LogP contribution in [0.25, 0.3) is 11.0 Å². The summed E-state index contributed by atoms with van der Waals surface area (Å²) >= 11 is 1.11. The lowest BCUT2D eigenvalue weighted by Gasteiger charge is -2.07. The first kappa shape index (κ1) is 14.2. The number of aromatic nitrogens is 3. The third-order valence-electron chi connectivity index (χ3n) is 2.98. The third-order valence-corrected chi connectivity index (χ3v) is 3.94. The maximum absolute atomic E-state index is 12.2. The van der Waals surface area contributed by atoms with Crippen molar-refractivity contribution in [1.82, 2.24) is 14.6 Å². The fraction of sp³-hybridized carbons (Fsp3) is 0.143. The molecule has 0 spiro atoms. The van der Waals surface area contributed by atoms with Crippen molar-refractivity contribution in [3.63, 3.8) is 0 Å². The number of hydrogen-bond acceptors (Lipinski definition) is 7. The zero-order valence-electron chi connectivity index (χ0n) is 11.8. The molecule has 0 saturated carbocycles. The summed E-state index contributed by atoms with van der Waals surface area (Å²) < 4.78 is 11.9. The minimum Gasteiger partial charge on any atom is -0.493 e. The van der Waals surface area contributed by atoms with Gasteiger partial charge in [0.15, 0.2) is 11.5 Å². The molecule has 0 aliphatic carbocycles. The van der Waals surface area contributed by atoms with Crippen molar-refractivity contribution in [3.05, 3.63) is 55.2 Å². The lowest BCUT2D eigenvalue weighted by Crippen LogP contribution is -2.25. The van der Waals surface area contributed by atoms with Crippen molar-refractivity contribution >= 4 is 22.4 Å². The Balaban J connectivity index is 2.18. The smallest absolute Gasteiger partial charge is 0.292 e. The summed E-state index contributed by atoms with van der Waals surface area (Å²) in [4.78, 5) is 27.4. The summed E-state index contributed by atoms with van der Waals surface area (Å²) in [6.07, 6.45) is 2.71. The first-order valence-electron chi connectivity index (χ1n) is 6.25. The Morgan fingerprint density at radius 1 is 1.18 bits per heavy atom. The minimum atomic E-state index is -0.473. The minimum absolute atomic E-state index is 0.268. The molecular formula is C14H11N3O4S. The summed E-state index contributed by atoms with van der Waals surface area (Å²) in [5.74, 6) is 1.17. The van der Waals surface area contributed by atoms with Crippen molar-refractivity contribution in [2.45, 2.75) is 0 Å². The van der Waals surface area contributed by atoms with Gasteiger partial charge in [0.1, 0.15) is 6.20 Å². The Morgan fingerprint density at radius 3 is 2.68 bits per heavy atom. The molecule has 0 unspecified atom stereocenters. The summed E-state index contributed by atoms with van der Waals surface area (Å²) in [6, 6.07) is 5.31. The Bertz CT molecular complexity index is 1010. The van der Waals surface area contributed by atoms with Crippen LogP contribution in [0.5, 0.6) is 11.5 Å². The van der Waals surface area contributed by atoms with Crippen LogP contribution in [0.15, 0.2) is 34.0 Å². The van der Waals surface area contributed by atoms with E-state index in [0.29, 0.717) is 16.0 Å². The Labute approximate surface area is 128 Å². The number of methoxy groups -OCH3 is 2. The van der Waals surface area contributed by atoms with Crippen LogP contribution in [0.4, 0.5) is 0 Å². The molecule has 0 aliphatic heterocycles. The lowest BCUT2D eigenvalue weighted by molar-refractivity contribution is 0.355. The zero-order chi connectivity index (χ0) is 15.7. The van der Waals surface area contributed by atoms with Crippen LogP contribution in [0.2, 0.25) is 0 Å². The number of hydrogen-bond donors (Lipinski definition) is 0. The second-order valence-corrected chi connectivity index (χ2v) is 5.33. The van der Waals surface area contributed by atoms with Crippen molar-refractivity contribution in [2.75, 3.05) is 14.2 Å². The number of benzene rings is 1. The van der Waals surface area contributed by atoms with Gasteiger partial charge >= 0.3 is 0 Å². The summed E-state index contributed by atoms with van der Waals surface area (Å²) in [5.41, 5.74) is -0.0227. The molecule has 3 rings (SSSR count). The van der Waals surface area contributed by atoms with Crippen LogP contribution in [-0.4, -0.2) is 28.8 Å². The van der Waals surface area contributed by atoms with Gasteiger partial charge in [-0.15, -0.1) is 0 Å². The van der Waals surface area contributed by atoms with E-state index >= 15 is 0 Å². The molecule has 2 heterocycles. The summed E-state index contributed by atoms with van der Waals surface area (Å²) in [6.45, 7) is 0. The molecule has 0 atom stereocenters. The van der Waals surface area contributed by atoms with Gasteiger partial charge in [-0.05, 0) is 23.8 Å². The normalized spacial score (nSPS) is 11.8. The molecular weight excluding hydrogens is 306 g/mol. The second-order valence-electron chi connectivity index (χ2n) is 4.32. The fourth-order valence-corrected chi connectivity index (χ4v) is 2.88. The molecule has 0 bridgehead atoms. The predicted molar refractivity (Wildman–Crippen MR) is 81.7 cm³/mol. The van der Waals surface area contributed by atoms with Crippen molar-refractivity contribution in [2.24, 2.45) is 0 Å². The molecule has 112 valence electrons. The maximum Gasteiger partial charge on any atom is 0.292 e. The molecule has 0 fully saturated rings. The first-order valence-corrected chi connectivity index (χ1v) is 7.06. The van der Waals surface area contributed by atoms with Crippen LogP contribution in [0.1, 0.15) is 5.56 Å². The highest BCUT2D eigenvalue weighted by atomic mass is 32.1. The molecule has 3 aromatic rings. The molecule has 8 heteroatoms. The molecule has 2 aromatic heterocycles. The largest absolute Gasteiger partial charge is 0.493 e. The topological polar surface area (TPSA) is 82.8 Å². The standard InChI is InChI=1S/C14H11N3O4S/c1-20-9-4-3-8(5-10(9)21-2)6-11-13(19)17-14(22-11)16-12(18)7-15-17/h3-7H,1-2H3/b11-6-. The van der Waals surface area contributed by atoms with Crippen LogP contribution in [-0.2, 0) is 0 Å². The van der Waals surface area contributed by atoms with E-state index in [9.17, 15) is 9.59 Å². The van der Waals surface area contributed by atoms with E-state index in [-0.39, 0.29) is 10.5 Å². The van der Waals surface area contributed by atoms with E-state index in [1.54, 1.807) is 38.5 Å². The molecule has 22 heavy (non-hydrogen) atoms. The van der Waals surface area contributed by atoms with Crippen molar-refractivity contribution < 1.29 is 9.47 Å². The van der Waals surface area contributed by atoms with Crippen molar-refractivity contribution in [3.8, 4) is 11.5 Å². The highest BCUT2D eigenvalue weighted by Crippen LogP contribution is 2.27. The molecule has 0 radical (unpaired) electrons. The van der Waals surface area contributed by atoms with E-state index in [2.05, 4.69) is 10.1 Å². The van der Waals surface area contributed by atoms with Crippen LogP contribution in [0.3, 0.4) is 0 Å². The molecule has 0 N–H and O–H groups in total. The summed E-state index contributed by atoms with van der Waals surface area (Å²) in [5, 5.41) is 3.78. The number of ether oxygens (including phenoxy) is 2. The van der Waals surface area contributed by atoms with Gasteiger partial charge in [-0.1, -0.05) is 17.4 Å². The van der Waals surface area contributed by atoms with E-state index in [1.165, 1.54) is 0 Å². The number of nitrogens with zero attached hydrogens (tertiary/aromatic N) is 3. The van der Waals surface area contributed by atoms with Crippen LogP contribution >= 0.6 is 11.3 Å². The van der Waals surface area contributed by atoms with Gasteiger partial charge in [0, 0.05) is 0 Å². The summed E-state index contributed by atoms with van der Waals surface area (Å²) in [7, 11) is 3.09. The number of thiazole rings is 1. The van der Waals surface area contributed by atoms with Gasteiger partial charge in [-0.2, -0.15) is 14.6 Å². The predicted octanol–water partition coefficient (Wildman–Crippen LogP) is 0.0761.